The molecule has 5 nitrogen and oxygen atoms in total. The lowest BCUT2D eigenvalue weighted by Gasteiger charge is -2.26. The van der Waals surface area contributed by atoms with Crippen LogP contribution in [0.25, 0.3) is 11.3 Å². The van der Waals surface area contributed by atoms with Crippen LogP contribution in [0.15, 0.2) is 40.8 Å². The van der Waals surface area contributed by atoms with Gasteiger partial charge in [0.1, 0.15) is 5.76 Å². The van der Waals surface area contributed by atoms with Crippen molar-refractivity contribution in [1.29, 1.82) is 0 Å². The van der Waals surface area contributed by atoms with E-state index in [-0.39, 0.29) is 23.0 Å². The Balaban J connectivity index is 1.53. The van der Waals surface area contributed by atoms with Gasteiger partial charge in [0, 0.05) is 25.2 Å². The number of morpholine rings is 1. The van der Waals surface area contributed by atoms with E-state index in [1.165, 1.54) is 24.3 Å². The van der Waals surface area contributed by atoms with Gasteiger partial charge in [-0.15, -0.1) is 0 Å². The summed E-state index contributed by atoms with van der Waals surface area (Å²) in [6.45, 7) is 4.63. The van der Waals surface area contributed by atoms with Crippen LogP contribution >= 0.6 is 0 Å². The van der Waals surface area contributed by atoms with Gasteiger partial charge in [0.05, 0.1) is 18.8 Å². The maximum absolute atomic E-state index is 12.8. The van der Waals surface area contributed by atoms with Crippen LogP contribution in [0.2, 0.25) is 0 Å². The van der Waals surface area contributed by atoms with Gasteiger partial charge < -0.3 is 14.5 Å². The molecular weight excluding hydrogens is 361 g/mol. The first kappa shape index (κ1) is 19.4. The molecule has 3 rings (SSSR count). The number of carbonyl (C=O) groups excluding carboxylic acids is 1. The lowest BCUT2D eigenvalue weighted by molar-refractivity contribution is -0.137. The van der Waals surface area contributed by atoms with E-state index in [2.05, 4.69) is 10.2 Å². The second-order valence-electron chi connectivity index (χ2n) is 6.31. The number of hydrogen-bond acceptors (Lipinski definition) is 4. The van der Waals surface area contributed by atoms with Gasteiger partial charge in [-0.3, -0.25) is 9.69 Å². The van der Waals surface area contributed by atoms with E-state index in [4.69, 9.17) is 9.15 Å². The molecule has 1 aromatic heterocycles. The summed E-state index contributed by atoms with van der Waals surface area (Å²) in [7, 11) is 0. The number of alkyl halides is 3. The van der Waals surface area contributed by atoms with Crippen molar-refractivity contribution in [1.82, 2.24) is 10.2 Å². The van der Waals surface area contributed by atoms with Gasteiger partial charge in [-0.1, -0.05) is 12.1 Å². The molecule has 1 aliphatic rings. The van der Waals surface area contributed by atoms with Crippen LogP contribution in [-0.2, 0) is 10.9 Å². The Labute approximate surface area is 155 Å². The van der Waals surface area contributed by atoms with Crippen molar-refractivity contribution < 1.29 is 27.1 Å². The van der Waals surface area contributed by atoms with Crippen LogP contribution in [0, 0.1) is 0 Å². The molecule has 0 radical (unpaired) electrons. The number of hydrogen-bond donors (Lipinski definition) is 1. The van der Waals surface area contributed by atoms with E-state index in [1.807, 2.05) is 0 Å². The highest BCUT2D eigenvalue weighted by Crippen LogP contribution is 2.32. The largest absolute Gasteiger partial charge is 0.451 e. The second-order valence-corrected chi connectivity index (χ2v) is 6.31. The summed E-state index contributed by atoms with van der Waals surface area (Å²) in [6, 6.07) is 7.78. The molecule has 146 valence electrons. The maximum Gasteiger partial charge on any atom is 0.416 e. The van der Waals surface area contributed by atoms with Crippen LogP contribution < -0.4 is 5.32 Å². The van der Waals surface area contributed by atoms with E-state index < -0.39 is 11.7 Å². The van der Waals surface area contributed by atoms with Gasteiger partial charge in [0.15, 0.2) is 5.76 Å². The Morgan fingerprint density at radius 2 is 1.93 bits per heavy atom. The predicted octanol–water partition coefficient (Wildman–Crippen LogP) is 3.42. The minimum atomic E-state index is -4.43. The summed E-state index contributed by atoms with van der Waals surface area (Å²) in [6.07, 6.45) is -3.63. The normalized spacial score (nSPS) is 15.7. The summed E-state index contributed by atoms with van der Waals surface area (Å²) < 4.78 is 49.2. The molecule has 0 aliphatic carbocycles. The van der Waals surface area contributed by atoms with Gasteiger partial charge in [-0.05, 0) is 37.2 Å². The number of benzene rings is 1. The minimum Gasteiger partial charge on any atom is -0.451 e. The molecule has 2 heterocycles. The van der Waals surface area contributed by atoms with Crippen molar-refractivity contribution in [2.75, 3.05) is 39.4 Å². The quantitative estimate of drug-likeness (QED) is 0.778. The molecule has 27 heavy (non-hydrogen) atoms. The molecule has 1 N–H and O–H groups in total. The standard InChI is InChI=1S/C19H21F3N2O3/c20-19(21,22)15-4-1-3-14(13-15)16-5-6-17(27-16)18(25)23-7-2-8-24-9-11-26-12-10-24/h1,3-6,13H,2,7-12H2,(H,23,25). The zero-order valence-electron chi connectivity index (χ0n) is 14.7. The number of halogens is 3. The predicted molar refractivity (Wildman–Crippen MR) is 93.4 cm³/mol. The number of rotatable bonds is 6. The number of ether oxygens (including phenoxy) is 1. The molecule has 0 atom stereocenters. The molecule has 1 fully saturated rings. The highest BCUT2D eigenvalue weighted by Gasteiger charge is 2.30. The summed E-state index contributed by atoms with van der Waals surface area (Å²) in [4.78, 5) is 14.4. The monoisotopic (exact) mass is 382 g/mol. The third-order valence-electron chi connectivity index (χ3n) is 4.34. The highest BCUT2D eigenvalue weighted by molar-refractivity contribution is 5.92. The topological polar surface area (TPSA) is 54.7 Å². The lowest BCUT2D eigenvalue weighted by Crippen LogP contribution is -2.38. The average Bonchev–Trinajstić information content (AvgIpc) is 3.16. The number of carbonyl (C=O) groups is 1. The van der Waals surface area contributed by atoms with Crippen LogP contribution in [0.3, 0.4) is 0 Å². The van der Waals surface area contributed by atoms with Crippen LogP contribution in [0.5, 0.6) is 0 Å². The third kappa shape index (κ3) is 5.33. The van der Waals surface area contributed by atoms with Crippen molar-refractivity contribution in [3.8, 4) is 11.3 Å². The second kappa shape index (κ2) is 8.58. The SMILES string of the molecule is O=C(NCCCN1CCOCC1)c1ccc(-c2cccc(C(F)(F)F)c2)o1. The first-order valence-electron chi connectivity index (χ1n) is 8.79. The Morgan fingerprint density at radius 1 is 1.15 bits per heavy atom. The highest BCUT2D eigenvalue weighted by atomic mass is 19.4. The Bertz CT molecular complexity index is 768. The number of furan rings is 1. The first-order valence-corrected chi connectivity index (χ1v) is 8.79. The molecule has 1 amide bonds. The molecule has 2 aromatic rings. The molecule has 8 heteroatoms. The number of nitrogens with zero attached hydrogens (tertiary/aromatic N) is 1. The zero-order chi connectivity index (χ0) is 19.3. The first-order chi connectivity index (χ1) is 12.9. The molecule has 0 saturated carbocycles. The van der Waals surface area contributed by atoms with Crippen LogP contribution in [0.4, 0.5) is 13.2 Å². The fourth-order valence-corrected chi connectivity index (χ4v) is 2.88. The van der Waals surface area contributed by atoms with E-state index in [0.29, 0.717) is 6.54 Å². The molecule has 1 aliphatic heterocycles. The van der Waals surface area contributed by atoms with Crippen LogP contribution in [-0.4, -0.2) is 50.2 Å². The Hall–Kier alpha value is -2.32. The summed E-state index contributed by atoms with van der Waals surface area (Å²) >= 11 is 0. The van der Waals surface area contributed by atoms with Crippen molar-refractivity contribution in [3.05, 3.63) is 47.7 Å². The summed E-state index contributed by atoms with van der Waals surface area (Å²) in [5, 5.41) is 2.77. The van der Waals surface area contributed by atoms with Crippen molar-refractivity contribution in [2.24, 2.45) is 0 Å². The van der Waals surface area contributed by atoms with Gasteiger partial charge >= 0.3 is 6.18 Å². The third-order valence-corrected chi connectivity index (χ3v) is 4.34. The molecule has 0 spiro atoms. The van der Waals surface area contributed by atoms with E-state index in [9.17, 15) is 18.0 Å². The van der Waals surface area contributed by atoms with Crippen molar-refractivity contribution in [3.63, 3.8) is 0 Å². The fourth-order valence-electron chi connectivity index (χ4n) is 2.88. The molecule has 1 saturated heterocycles. The molecule has 1 aromatic carbocycles. The number of amides is 1. The molecular formula is C19H21F3N2O3. The van der Waals surface area contributed by atoms with Crippen LogP contribution in [0.1, 0.15) is 22.5 Å². The Kier molecular flexibility index (Phi) is 6.18. The zero-order valence-corrected chi connectivity index (χ0v) is 14.7. The summed E-state index contributed by atoms with van der Waals surface area (Å²) in [5.74, 6) is -0.0800. The van der Waals surface area contributed by atoms with Gasteiger partial charge in [0.25, 0.3) is 5.91 Å². The molecule has 0 bridgehead atoms. The van der Waals surface area contributed by atoms with E-state index in [1.54, 1.807) is 0 Å². The van der Waals surface area contributed by atoms with Gasteiger partial charge in [0.2, 0.25) is 0 Å². The average molecular weight is 382 g/mol. The van der Waals surface area contributed by atoms with Crippen molar-refractivity contribution in [2.45, 2.75) is 12.6 Å². The van der Waals surface area contributed by atoms with E-state index in [0.717, 1.165) is 51.4 Å². The van der Waals surface area contributed by atoms with Gasteiger partial charge in [-0.25, -0.2) is 0 Å². The smallest absolute Gasteiger partial charge is 0.416 e. The minimum absolute atomic E-state index is 0.0776. The molecule has 0 unspecified atom stereocenters. The summed E-state index contributed by atoms with van der Waals surface area (Å²) in [5.41, 5.74) is -0.485. The van der Waals surface area contributed by atoms with E-state index >= 15 is 0 Å². The fraction of sp³-hybridized carbons (Fsp3) is 0.421. The Morgan fingerprint density at radius 3 is 2.67 bits per heavy atom. The number of nitrogens with one attached hydrogen (secondary N) is 1. The van der Waals surface area contributed by atoms with Crippen molar-refractivity contribution >= 4 is 5.91 Å². The lowest BCUT2D eigenvalue weighted by atomic mass is 10.1. The van der Waals surface area contributed by atoms with Gasteiger partial charge in [-0.2, -0.15) is 13.2 Å². The maximum atomic E-state index is 12.8.